The van der Waals surface area contributed by atoms with Gasteiger partial charge < -0.3 is 10.5 Å². The van der Waals surface area contributed by atoms with Crippen LogP contribution in [0.5, 0.6) is 0 Å². The maximum absolute atomic E-state index is 6.05. The normalized spacial score (nSPS) is 44.8. The molecule has 17 heavy (non-hydrogen) atoms. The Balaban J connectivity index is 1.97. The van der Waals surface area contributed by atoms with Crippen molar-refractivity contribution in [1.82, 2.24) is 4.90 Å². The van der Waals surface area contributed by atoms with Crippen molar-refractivity contribution in [2.45, 2.75) is 76.6 Å². The highest BCUT2D eigenvalue weighted by Crippen LogP contribution is 2.33. The molecule has 2 saturated heterocycles. The summed E-state index contributed by atoms with van der Waals surface area (Å²) in [6.07, 6.45) is 5.80. The van der Waals surface area contributed by atoms with Gasteiger partial charge in [-0.25, -0.2) is 0 Å². The van der Waals surface area contributed by atoms with Crippen molar-refractivity contribution >= 4 is 0 Å². The zero-order valence-corrected chi connectivity index (χ0v) is 11.6. The Bertz CT molecular complexity index is 259. The van der Waals surface area contributed by atoms with Gasteiger partial charge in [-0.05, 0) is 46.0 Å². The first-order valence-corrected chi connectivity index (χ1v) is 7.19. The largest absolute Gasteiger partial charge is 0.375 e. The standard InChI is InChI=1S/C14H28N2O/c1-4-14(3)10-13(6-8-17-14)16-7-5-12(15)9-11(16)2/h11-13H,4-10,15H2,1-3H3. The molecular formula is C14H28N2O. The lowest BCUT2D eigenvalue weighted by atomic mass is 9.86. The van der Waals surface area contributed by atoms with E-state index in [1.807, 2.05) is 0 Å². The summed E-state index contributed by atoms with van der Waals surface area (Å²) in [5.41, 5.74) is 6.14. The zero-order valence-electron chi connectivity index (χ0n) is 11.6. The van der Waals surface area contributed by atoms with E-state index in [1.165, 1.54) is 19.4 Å². The quantitative estimate of drug-likeness (QED) is 0.804. The van der Waals surface area contributed by atoms with E-state index in [4.69, 9.17) is 10.5 Å². The second-order valence-corrected chi connectivity index (χ2v) is 6.17. The van der Waals surface area contributed by atoms with Crippen LogP contribution in [0.2, 0.25) is 0 Å². The third kappa shape index (κ3) is 3.01. The molecule has 2 aliphatic heterocycles. The third-order valence-electron chi connectivity index (χ3n) is 4.75. The molecule has 4 atom stereocenters. The monoisotopic (exact) mass is 240 g/mol. The van der Waals surface area contributed by atoms with Crippen LogP contribution in [-0.4, -0.2) is 41.8 Å². The van der Waals surface area contributed by atoms with E-state index >= 15 is 0 Å². The Hall–Kier alpha value is -0.120. The highest BCUT2D eigenvalue weighted by Gasteiger charge is 2.37. The van der Waals surface area contributed by atoms with Gasteiger partial charge in [0.25, 0.3) is 0 Å². The molecule has 2 N–H and O–H groups in total. The second-order valence-electron chi connectivity index (χ2n) is 6.17. The summed E-state index contributed by atoms with van der Waals surface area (Å²) in [5.74, 6) is 0. The molecule has 2 rings (SSSR count). The molecule has 3 heteroatoms. The van der Waals surface area contributed by atoms with Crippen molar-refractivity contribution in [3.05, 3.63) is 0 Å². The maximum Gasteiger partial charge on any atom is 0.0666 e. The Morgan fingerprint density at radius 3 is 2.82 bits per heavy atom. The van der Waals surface area contributed by atoms with E-state index in [1.54, 1.807) is 0 Å². The van der Waals surface area contributed by atoms with E-state index in [2.05, 4.69) is 25.7 Å². The maximum atomic E-state index is 6.05. The number of nitrogens with two attached hydrogens (primary N) is 1. The van der Waals surface area contributed by atoms with E-state index < -0.39 is 0 Å². The molecular weight excluding hydrogens is 212 g/mol. The van der Waals surface area contributed by atoms with Gasteiger partial charge in [-0.2, -0.15) is 0 Å². The van der Waals surface area contributed by atoms with Crippen LogP contribution in [0.25, 0.3) is 0 Å². The topological polar surface area (TPSA) is 38.5 Å². The minimum absolute atomic E-state index is 0.0994. The lowest BCUT2D eigenvalue weighted by molar-refractivity contribution is -0.104. The molecule has 2 fully saturated rings. The molecule has 2 aliphatic rings. The van der Waals surface area contributed by atoms with Crippen LogP contribution < -0.4 is 5.73 Å². The van der Waals surface area contributed by atoms with Crippen molar-refractivity contribution in [3.8, 4) is 0 Å². The average Bonchev–Trinajstić information content (AvgIpc) is 2.29. The predicted octanol–water partition coefficient (Wildman–Crippen LogP) is 2.15. The fourth-order valence-electron chi connectivity index (χ4n) is 3.40. The molecule has 100 valence electrons. The average molecular weight is 240 g/mol. The Labute approximate surface area is 106 Å². The van der Waals surface area contributed by atoms with Crippen LogP contribution in [-0.2, 0) is 4.74 Å². The molecule has 0 bridgehead atoms. The fourth-order valence-corrected chi connectivity index (χ4v) is 3.40. The number of ether oxygens (including phenoxy) is 1. The Morgan fingerprint density at radius 1 is 1.41 bits per heavy atom. The molecule has 4 unspecified atom stereocenters. The van der Waals surface area contributed by atoms with Gasteiger partial charge >= 0.3 is 0 Å². The van der Waals surface area contributed by atoms with Crippen molar-refractivity contribution < 1.29 is 4.74 Å². The molecule has 0 spiro atoms. The smallest absolute Gasteiger partial charge is 0.0666 e. The number of nitrogens with zero attached hydrogens (tertiary/aromatic N) is 1. The summed E-state index contributed by atoms with van der Waals surface area (Å²) in [6.45, 7) is 8.92. The minimum Gasteiger partial charge on any atom is -0.375 e. The summed E-state index contributed by atoms with van der Waals surface area (Å²) in [4.78, 5) is 2.68. The van der Waals surface area contributed by atoms with E-state index in [9.17, 15) is 0 Å². The van der Waals surface area contributed by atoms with Crippen LogP contribution in [0.4, 0.5) is 0 Å². The molecule has 3 nitrogen and oxygen atoms in total. The highest BCUT2D eigenvalue weighted by atomic mass is 16.5. The SMILES string of the molecule is CCC1(C)CC(N2CCC(N)CC2C)CCO1. The number of likely N-dealkylation sites (tertiary alicyclic amines) is 1. The first-order valence-electron chi connectivity index (χ1n) is 7.19. The summed E-state index contributed by atoms with van der Waals surface area (Å²) < 4.78 is 5.94. The van der Waals surface area contributed by atoms with Gasteiger partial charge in [-0.15, -0.1) is 0 Å². The first kappa shape index (κ1) is 13.3. The summed E-state index contributed by atoms with van der Waals surface area (Å²) >= 11 is 0. The summed E-state index contributed by atoms with van der Waals surface area (Å²) in [7, 11) is 0. The van der Waals surface area contributed by atoms with Crippen molar-refractivity contribution in [2.75, 3.05) is 13.2 Å². The minimum atomic E-state index is 0.0994. The Kier molecular flexibility index (Phi) is 4.11. The summed E-state index contributed by atoms with van der Waals surface area (Å²) in [5, 5.41) is 0. The molecule has 0 aromatic heterocycles. The lowest BCUT2D eigenvalue weighted by Gasteiger charge is -2.47. The fraction of sp³-hybridized carbons (Fsp3) is 1.00. The van der Waals surface area contributed by atoms with Gasteiger partial charge in [0, 0.05) is 31.3 Å². The van der Waals surface area contributed by atoms with Gasteiger partial charge in [0.15, 0.2) is 0 Å². The van der Waals surface area contributed by atoms with Crippen molar-refractivity contribution in [3.63, 3.8) is 0 Å². The predicted molar refractivity (Wildman–Crippen MR) is 71.0 cm³/mol. The van der Waals surface area contributed by atoms with E-state index in [-0.39, 0.29) is 5.60 Å². The van der Waals surface area contributed by atoms with Gasteiger partial charge in [-0.1, -0.05) is 6.92 Å². The molecule has 0 aliphatic carbocycles. The summed E-state index contributed by atoms with van der Waals surface area (Å²) in [6, 6.07) is 1.76. The molecule has 0 aromatic rings. The molecule has 0 aromatic carbocycles. The third-order valence-corrected chi connectivity index (χ3v) is 4.75. The van der Waals surface area contributed by atoms with Gasteiger partial charge in [0.1, 0.15) is 0 Å². The highest BCUT2D eigenvalue weighted by molar-refractivity contribution is 4.91. The van der Waals surface area contributed by atoms with E-state index in [0.717, 1.165) is 25.9 Å². The van der Waals surface area contributed by atoms with Gasteiger partial charge in [0.2, 0.25) is 0 Å². The van der Waals surface area contributed by atoms with Crippen molar-refractivity contribution in [2.24, 2.45) is 5.73 Å². The lowest BCUT2D eigenvalue weighted by Crippen LogP contribution is -2.54. The first-order chi connectivity index (χ1) is 8.04. The Morgan fingerprint density at radius 2 is 2.18 bits per heavy atom. The van der Waals surface area contributed by atoms with Gasteiger partial charge in [-0.3, -0.25) is 4.90 Å². The van der Waals surface area contributed by atoms with Crippen LogP contribution >= 0.6 is 0 Å². The number of rotatable bonds is 2. The zero-order chi connectivity index (χ0) is 12.5. The van der Waals surface area contributed by atoms with Crippen LogP contribution in [0.15, 0.2) is 0 Å². The molecule has 2 heterocycles. The van der Waals surface area contributed by atoms with E-state index in [0.29, 0.717) is 18.1 Å². The molecule has 0 saturated carbocycles. The number of hydrogen-bond acceptors (Lipinski definition) is 3. The van der Waals surface area contributed by atoms with Crippen LogP contribution in [0.1, 0.15) is 52.9 Å². The van der Waals surface area contributed by atoms with Crippen LogP contribution in [0.3, 0.4) is 0 Å². The van der Waals surface area contributed by atoms with Gasteiger partial charge in [0.05, 0.1) is 5.60 Å². The molecule has 0 radical (unpaired) electrons. The number of hydrogen-bond donors (Lipinski definition) is 1. The molecule has 0 amide bonds. The number of piperidine rings is 1. The second kappa shape index (κ2) is 5.25. The van der Waals surface area contributed by atoms with Crippen molar-refractivity contribution in [1.29, 1.82) is 0 Å². The van der Waals surface area contributed by atoms with Crippen LogP contribution in [0, 0.1) is 0 Å².